The average molecular weight is 477 g/mol. The van der Waals surface area contributed by atoms with Crippen LogP contribution in [0.3, 0.4) is 0 Å². The number of amides is 1. The molecular formula is C23H33ClN6OS. The van der Waals surface area contributed by atoms with E-state index in [2.05, 4.69) is 45.7 Å². The lowest BCUT2D eigenvalue weighted by molar-refractivity contribution is 0.0585. The van der Waals surface area contributed by atoms with Gasteiger partial charge in [-0.15, -0.1) is 5.10 Å². The molecule has 0 unspecified atom stereocenters. The van der Waals surface area contributed by atoms with Gasteiger partial charge >= 0.3 is 6.03 Å². The van der Waals surface area contributed by atoms with Gasteiger partial charge in [0.15, 0.2) is 5.82 Å². The first-order chi connectivity index (χ1) is 15.4. The van der Waals surface area contributed by atoms with Gasteiger partial charge in [0.05, 0.1) is 10.7 Å². The van der Waals surface area contributed by atoms with Crippen LogP contribution in [0, 0.1) is 0 Å². The van der Waals surface area contributed by atoms with Crippen LogP contribution in [-0.4, -0.2) is 70.6 Å². The van der Waals surface area contributed by atoms with E-state index in [0.717, 1.165) is 56.3 Å². The highest BCUT2D eigenvalue weighted by Crippen LogP contribution is 2.33. The normalized spacial score (nSPS) is 18.4. The van der Waals surface area contributed by atoms with Gasteiger partial charge in [-0.1, -0.05) is 29.6 Å². The minimum absolute atomic E-state index is 0.0416. The van der Waals surface area contributed by atoms with E-state index >= 15 is 0 Å². The maximum atomic E-state index is 12.8. The Hall–Kier alpha value is -1.90. The van der Waals surface area contributed by atoms with Crippen LogP contribution in [0.4, 0.5) is 16.3 Å². The number of anilines is 2. The number of rotatable bonds is 6. The Morgan fingerprint density at radius 3 is 2.62 bits per heavy atom. The molecule has 1 amide bonds. The molecule has 1 aromatic carbocycles. The molecule has 2 fully saturated rings. The summed E-state index contributed by atoms with van der Waals surface area (Å²) in [6.45, 7) is 6.80. The summed E-state index contributed by atoms with van der Waals surface area (Å²) in [5.74, 6) is 0.698. The topological polar surface area (TPSA) is 56.6 Å². The molecular weight excluding hydrogens is 444 g/mol. The minimum atomic E-state index is -0.0585. The van der Waals surface area contributed by atoms with Crippen molar-refractivity contribution in [1.82, 2.24) is 19.6 Å². The van der Waals surface area contributed by atoms with Crippen molar-refractivity contribution in [2.24, 2.45) is 0 Å². The molecule has 1 N–H and O–H groups in total. The molecule has 0 bridgehead atoms. The Kier molecular flexibility index (Phi) is 7.22. The maximum absolute atomic E-state index is 12.8. The van der Waals surface area contributed by atoms with E-state index in [0.29, 0.717) is 5.82 Å². The lowest BCUT2D eigenvalue weighted by Crippen LogP contribution is -2.53. The molecule has 0 aliphatic carbocycles. The zero-order valence-electron chi connectivity index (χ0n) is 19.2. The quantitative estimate of drug-likeness (QED) is 0.605. The molecule has 4 rings (SSSR count). The lowest BCUT2D eigenvalue weighted by Gasteiger charge is -2.45. The Morgan fingerprint density at radius 1 is 1.22 bits per heavy atom. The number of carbonyl (C=O) groups is 1. The van der Waals surface area contributed by atoms with Crippen LogP contribution in [0.25, 0.3) is 0 Å². The fourth-order valence-corrected chi connectivity index (χ4v) is 5.17. The first-order valence-corrected chi connectivity index (χ1v) is 12.9. The van der Waals surface area contributed by atoms with Gasteiger partial charge < -0.3 is 14.5 Å². The van der Waals surface area contributed by atoms with Gasteiger partial charge in [-0.3, -0.25) is 4.90 Å². The van der Waals surface area contributed by atoms with Gasteiger partial charge in [0.25, 0.3) is 0 Å². The summed E-state index contributed by atoms with van der Waals surface area (Å²) >= 11 is 7.96. The summed E-state index contributed by atoms with van der Waals surface area (Å²) in [7, 11) is 2.19. The number of aromatic nitrogens is 2. The number of hydrogen-bond acceptors (Lipinski definition) is 6. The van der Waals surface area contributed by atoms with Crippen molar-refractivity contribution in [2.75, 3.05) is 49.1 Å². The second-order valence-corrected chi connectivity index (χ2v) is 10.1. The fourth-order valence-electron chi connectivity index (χ4n) is 4.62. The number of likely N-dealkylation sites (tertiary alicyclic amines) is 1. The Morgan fingerprint density at radius 2 is 1.94 bits per heavy atom. The van der Waals surface area contributed by atoms with E-state index in [1.165, 1.54) is 35.0 Å². The van der Waals surface area contributed by atoms with E-state index in [1.54, 1.807) is 6.20 Å². The molecule has 9 heteroatoms. The standard InChI is InChI=1S/C23H33ClN6OS/c1-23(9-14-29(15-10-23)22(31)30-13-8-21(25-30)26-32-3)27(2)17-18-6-7-19(24)20(16-18)28-11-4-5-12-28/h6-8,13,16H,4-5,9-12,14-15,17H2,1-3H3,(H,25,26). The average Bonchev–Trinajstić information content (AvgIpc) is 3.48. The number of halogens is 1. The largest absolute Gasteiger partial charge is 0.370 e. The lowest BCUT2D eigenvalue weighted by atomic mass is 9.87. The van der Waals surface area contributed by atoms with Gasteiger partial charge in [0.1, 0.15) is 0 Å². The SMILES string of the molecule is CSNc1ccn(C(=O)N2CCC(C)(N(C)Cc3ccc(Cl)c(N4CCCC4)c3)CC2)n1. The molecule has 1 aromatic heterocycles. The van der Waals surface area contributed by atoms with Gasteiger partial charge in [0, 0.05) is 56.8 Å². The summed E-state index contributed by atoms with van der Waals surface area (Å²) in [6, 6.07) is 8.18. The van der Waals surface area contributed by atoms with Crippen molar-refractivity contribution in [3.05, 3.63) is 41.0 Å². The number of carbonyl (C=O) groups excluding carboxylic acids is 1. The molecule has 0 radical (unpaired) electrons. The van der Waals surface area contributed by atoms with Crippen LogP contribution in [-0.2, 0) is 6.54 Å². The third-order valence-electron chi connectivity index (χ3n) is 6.90. The Bertz CT molecular complexity index is 936. The highest BCUT2D eigenvalue weighted by atomic mass is 35.5. The monoisotopic (exact) mass is 476 g/mol. The molecule has 0 atom stereocenters. The predicted molar refractivity (Wildman–Crippen MR) is 134 cm³/mol. The van der Waals surface area contributed by atoms with E-state index in [4.69, 9.17) is 11.6 Å². The van der Waals surface area contributed by atoms with Gasteiger partial charge in [-0.2, -0.15) is 4.68 Å². The molecule has 3 heterocycles. The zero-order valence-corrected chi connectivity index (χ0v) is 20.8. The van der Waals surface area contributed by atoms with Crippen molar-refractivity contribution < 1.29 is 4.79 Å². The number of benzene rings is 1. The minimum Gasteiger partial charge on any atom is -0.370 e. The first-order valence-electron chi connectivity index (χ1n) is 11.3. The van der Waals surface area contributed by atoms with Crippen LogP contribution in [0.1, 0.15) is 38.2 Å². The Labute approximate surface area is 200 Å². The second kappa shape index (κ2) is 9.93. The van der Waals surface area contributed by atoms with Crippen LogP contribution in [0.15, 0.2) is 30.5 Å². The molecule has 2 aliphatic rings. The maximum Gasteiger partial charge on any atom is 0.344 e. The van der Waals surface area contributed by atoms with Crippen molar-refractivity contribution in [2.45, 2.75) is 44.7 Å². The second-order valence-electron chi connectivity index (χ2n) is 9.05. The van der Waals surface area contributed by atoms with Crippen molar-refractivity contribution in [3.63, 3.8) is 0 Å². The summed E-state index contributed by atoms with van der Waals surface area (Å²) in [5.41, 5.74) is 2.49. The van der Waals surface area contributed by atoms with Crippen LogP contribution in [0.2, 0.25) is 5.02 Å². The summed E-state index contributed by atoms with van der Waals surface area (Å²) in [6.07, 6.45) is 7.99. The molecule has 0 saturated carbocycles. The zero-order chi connectivity index (χ0) is 22.7. The molecule has 2 saturated heterocycles. The highest BCUT2D eigenvalue weighted by Gasteiger charge is 2.35. The van der Waals surface area contributed by atoms with E-state index in [1.807, 2.05) is 23.3 Å². The van der Waals surface area contributed by atoms with Crippen molar-refractivity contribution in [3.8, 4) is 0 Å². The number of piperidine rings is 1. The van der Waals surface area contributed by atoms with Crippen molar-refractivity contribution >= 4 is 41.1 Å². The van der Waals surface area contributed by atoms with E-state index in [9.17, 15) is 4.79 Å². The number of nitrogens with zero attached hydrogens (tertiary/aromatic N) is 5. The third-order valence-corrected chi connectivity index (χ3v) is 7.63. The summed E-state index contributed by atoms with van der Waals surface area (Å²) in [5, 5.41) is 5.16. The summed E-state index contributed by atoms with van der Waals surface area (Å²) < 4.78 is 4.49. The van der Waals surface area contributed by atoms with Crippen LogP contribution >= 0.6 is 23.5 Å². The summed E-state index contributed by atoms with van der Waals surface area (Å²) in [4.78, 5) is 19.6. The van der Waals surface area contributed by atoms with E-state index in [-0.39, 0.29) is 11.6 Å². The van der Waals surface area contributed by atoms with Gasteiger partial charge in [0.2, 0.25) is 0 Å². The smallest absolute Gasteiger partial charge is 0.344 e. The molecule has 7 nitrogen and oxygen atoms in total. The molecule has 2 aliphatic heterocycles. The molecule has 0 spiro atoms. The van der Waals surface area contributed by atoms with Crippen molar-refractivity contribution in [1.29, 1.82) is 0 Å². The molecule has 32 heavy (non-hydrogen) atoms. The van der Waals surface area contributed by atoms with Gasteiger partial charge in [-0.25, -0.2) is 4.79 Å². The fraction of sp³-hybridized carbons (Fsp3) is 0.565. The van der Waals surface area contributed by atoms with Crippen LogP contribution < -0.4 is 9.62 Å². The highest BCUT2D eigenvalue weighted by molar-refractivity contribution is 7.99. The predicted octanol–water partition coefficient (Wildman–Crippen LogP) is 4.78. The first kappa shape index (κ1) is 23.3. The van der Waals surface area contributed by atoms with E-state index < -0.39 is 0 Å². The molecule has 2 aromatic rings. The number of nitrogens with one attached hydrogen (secondary N) is 1. The van der Waals surface area contributed by atoms with Crippen LogP contribution in [0.5, 0.6) is 0 Å². The molecule has 174 valence electrons. The number of hydrogen-bond donors (Lipinski definition) is 1. The third kappa shape index (κ3) is 5.02. The van der Waals surface area contributed by atoms with Gasteiger partial charge in [-0.05, 0) is 57.4 Å². The Balaban J connectivity index is 1.36.